The molecule has 30 heavy (non-hydrogen) atoms. The van der Waals surface area contributed by atoms with Crippen molar-refractivity contribution in [2.75, 3.05) is 26.2 Å². The van der Waals surface area contributed by atoms with Crippen molar-refractivity contribution >= 4 is 23.1 Å². The van der Waals surface area contributed by atoms with E-state index < -0.39 is 10.8 Å². The number of benzene rings is 1. The molecule has 2 unspecified atom stereocenters. The summed E-state index contributed by atoms with van der Waals surface area (Å²) in [6, 6.07) is 5.71. The van der Waals surface area contributed by atoms with E-state index in [0.717, 1.165) is 0 Å². The molecule has 3 rings (SSSR count). The highest BCUT2D eigenvalue weighted by atomic mass is 16.6. The lowest BCUT2D eigenvalue weighted by Gasteiger charge is -2.37. The van der Waals surface area contributed by atoms with Crippen LogP contribution in [0.3, 0.4) is 0 Å². The molecular formula is C21H27N3O6. The summed E-state index contributed by atoms with van der Waals surface area (Å²) in [5.41, 5.74) is 0.989. The lowest BCUT2D eigenvalue weighted by Crippen LogP contribution is -2.47. The molecule has 2 amide bonds. The molecule has 0 spiro atoms. The SMILES string of the molecule is CC(C)OCCN1C(=O)C(c2ccc([N+](=O)[O-])cc2)=C(N2CC(C)OC(C)C2)C1=O. The van der Waals surface area contributed by atoms with E-state index in [4.69, 9.17) is 9.47 Å². The number of nitro benzene ring substituents is 1. The molecule has 0 radical (unpaired) electrons. The molecule has 1 aromatic carbocycles. The molecule has 9 heteroatoms. The summed E-state index contributed by atoms with van der Waals surface area (Å²) in [4.78, 5) is 40.1. The molecule has 1 aromatic rings. The number of rotatable bonds is 7. The molecule has 0 aliphatic carbocycles. The van der Waals surface area contributed by atoms with Crippen molar-refractivity contribution in [3.63, 3.8) is 0 Å². The molecule has 9 nitrogen and oxygen atoms in total. The highest BCUT2D eigenvalue weighted by Crippen LogP contribution is 2.33. The summed E-state index contributed by atoms with van der Waals surface area (Å²) in [6.45, 7) is 8.95. The van der Waals surface area contributed by atoms with E-state index in [1.165, 1.54) is 29.2 Å². The number of hydrogen-bond acceptors (Lipinski definition) is 7. The van der Waals surface area contributed by atoms with Gasteiger partial charge in [0.05, 0.1) is 42.0 Å². The molecule has 2 aliphatic rings. The van der Waals surface area contributed by atoms with E-state index in [9.17, 15) is 19.7 Å². The summed E-state index contributed by atoms with van der Waals surface area (Å²) in [5.74, 6) is -0.787. The van der Waals surface area contributed by atoms with Gasteiger partial charge in [-0.2, -0.15) is 0 Å². The average molecular weight is 417 g/mol. The van der Waals surface area contributed by atoms with Crippen molar-refractivity contribution in [1.29, 1.82) is 0 Å². The zero-order chi connectivity index (χ0) is 22.0. The van der Waals surface area contributed by atoms with Crippen molar-refractivity contribution < 1.29 is 24.0 Å². The zero-order valence-electron chi connectivity index (χ0n) is 17.7. The van der Waals surface area contributed by atoms with Crippen LogP contribution >= 0.6 is 0 Å². The Morgan fingerprint density at radius 2 is 1.73 bits per heavy atom. The van der Waals surface area contributed by atoms with Gasteiger partial charge in [-0.1, -0.05) is 0 Å². The minimum absolute atomic E-state index is 0.0136. The normalized spacial score (nSPS) is 22.4. The Kier molecular flexibility index (Phi) is 6.52. The number of morpholine rings is 1. The van der Waals surface area contributed by atoms with Gasteiger partial charge in [0.1, 0.15) is 5.70 Å². The number of carbonyl (C=O) groups excluding carboxylic acids is 2. The molecule has 162 valence electrons. The van der Waals surface area contributed by atoms with E-state index in [1.54, 1.807) is 0 Å². The fraction of sp³-hybridized carbons (Fsp3) is 0.524. The van der Waals surface area contributed by atoms with Crippen LogP contribution in [0.2, 0.25) is 0 Å². The van der Waals surface area contributed by atoms with Gasteiger partial charge < -0.3 is 14.4 Å². The summed E-state index contributed by atoms with van der Waals surface area (Å²) in [5, 5.41) is 11.0. The lowest BCUT2D eigenvalue weighted by atomic mass is 10.0. The maximum Gasteiger partial charge on any atom is 0.277 e. The van der Waals surface area contributed by atoms with Crippen molar-refractivity contribution in [1.82, 2.24) is 9.80 Å². The highest BCUT2D eigenvalue weighted by Gasteiger charge is 2.43. The van der Waals surface area contributed by atoms with Gasteiger partial charge >= 0.3 is 0 Å². The monoisotopic (exact) mass is 417 g/mol. The van der Waals surface area contributed by atoms with Crippen LogP contribution in [-0.4, -0.2) is 71.1 Å². The maximum absolute atomic E-state index is 13.3. The second-order valence-electron chi connectivity index (χ2n) is 7.87. The van der Waals surface area contributed by atoms with E-state index in [0.29, 0.717) is 24.4 Å². The predicted octanol–water partition coefficient (Wildman–Crippen LogP) is 2.21. The van der Waals surface area contributed by atoms with Crippen molar-refractivity contribution in [2.24, 2.45) is 0 Å². The second kappa shape index (κ2) is 8.93. The van der Waals surface area contributed by atoms with Gasteiger partial charge in [0, 0.05) is 25.2 Å². The van der Waals surface area contributed by atoms with E-state index in [-0.39, 0.29) is 48.6 Å². The quantitative estimate of drug-likeness (QED) is 0.381. The molecule has 1 saturated heterocycles. The van der Waals surface area contributed by atoms with Crippen molar-refractivity contribution in [3.8, 4) is 0 Å². The zero-order valence-corrected chi connectivity index (χ0v) is 17.7. The van der Waals surface area contributed by atoms with Crippen LogP contribution in [0, 0.1) is 10.1 Å². The summed E-state index contributed by atoms with van der Waals surface area (Å²) < 4.78 is 11.3. The third-order valence-corrected chi connectivity index (χ3v) is 5.01. The third kappa shape index (κ3) is 4.52. The largest absolute Gasteiger partial charge is 0.377 e. The van der Waals surface area contributed by atoms with Crippen molar-refractivity contribution in [3.05, 3.63) is 45.6 Å². The van der Waals surface area contributed by atoms with Gasteiger partial charge in [0.2, 0.25) is 0 Å². The first-order chi connectivity index (χ1) is 14.2. The maximum atomic E-state index is 13.3. The number of ether oxygens (including phenoxy) is 2. The van der Waals surface area contributed by atoms with Gasteiger partial charge in [-0.3, -0.25) is 24.6 Å². The van der Waals surface area contributed by atoms with Crippen LogP contribution in [0.1, 0.15) is 33.3 Å². The van der Waals surface area contributed by atoms with Gasteiger partial charge in [0.25, 0.3) is 17.5 Å². The molecular weight excluding hydrogens is 390 g/mol. The molecule has 2 heterocycles. The molecule has 0 bridgehead atoms. The third-order valence-electron chi connectivity index (χ3n) is 5.01. The smallest absolute Gasteiger partial charge is 0.277 e. The fourth-order valence-corrected chi connectivity index (χ4v) is 3.81. The van der Waals surface area contributed by atoms with Gasteiger partial charge in [-0.25, -0.2) is 0 Å². The average Bonchev–Trinajstić information content (AvgIpc) is 2.91. The Balaban J connectivity index is 1.98. The first kappa shape index (κ1) is 21.9. The first-order valence-electron chi connectivity index (χ1n) is 10.1. The number of carbonyl (C=O) groups is 2. The number of nitrogens with zero attached hydrogens (tertiary/aromatic N) is 3. The predicted molar refractivity (Wildman–Crippen MR) is 109 cm³/mol. The molecule has 1 fully saturated rings. The molecule has 0 saturated carbocycles. The van der Waals surface area contributed by atoms with Crippen molar-refractivity contribution in [2.45, 2.75) is 46.0 Å². The minimum atomic E-state index is -0.498. The van der Waals surface area contributed by atoms with Crippen LogP contribution in [0.25, 0.3) is 5.57 Å². The summed E-state index contributed by atoms with van der Waals surface area (Å²) >= 11 is 0. The lowest BCUT2D eigenvalue weighted by molar-refractivity contribution is -0.384. The molecule has 0 N–H and O–H groups in total. The van der Waals surface area contributed by atoms with E-state index >= 15 is 0 Å². The number of non-ortho nitro benzene ring substituents is 1. The Morgan fingerprint density at radius 1 is 1.13 bits per heavy atom. The van der Waals surface area contributed by atoms with Crippen LogP contribution in [0.15, 0.2) is 30.0 Å². The fourth-order valence-electron chi connectivity index (χ4n) is 3.81. The van der Waals surface area contributed by atoms with E-state index in [2.05, 4.69) is 0 Å². The Morgan fingerprint density at radius 3 is 2.27 bits per heavy atom. The number of imide groups is 1. The Labute approximate surface area is 175 Å². The van der Waals surface area contributed by atoms with Crippen LogP contribution < -0.4 is 0 Å². The van der Waals surface area contributed by atoms with Crippen LogP contribution in [-0.2, 0) is 19.1 Å². The van der Waals surface area contributed by atoms with Gasteiger partial charge in [0.15, 0.2) is 0 Å². The standard InChI is InChI=1S/C21H27N3O6/c1-13(2)29-10-9-23-20(25)18(16-5-7-17(8-6-16)24(27)28)19(21(23)26)22-11-14(3)30-15(4)12-22/h5-8,13-15H,9-12H2,1-4H3. The molecule has 2 atom stereocenters. The Hall–Kier alpha value is -2.78. The minimum Gasteiger partial charge on any atom is -0.377 e. The van der Waals surface area contributed by atoms with Gasteiger partial charge in [-0.05, 0) is 45.4 Å². The van der Waals surface area contributed by atoms with Crippen LogP contribution in [0.5, 0.6) is 0 Å². The molecule has 0 aromatic heterocycles. The summed E-state index contributed by atoms with van der Waals surface area (Å²) in [6.07, 6.45) is -0.207. The van der Waals surface area contributed by atoms with E-state index in [1.807, 2.05) is 32.6 Å². The Bertz CT molecular complexity index is 854. The topological polar surface area (TPSA) is 102 Å². The van der Waals surface area contributed by atoms with Crippen LogP contribution in [0.4, 0.5) is 5.69 Å². The second-order valence-corrected chi connectivity index (χ2v) is 7.87. The first-order valence-corrected chi connectivity index (χ1v) is 10.1. The number of nitro groups is 1. The molecule has 2 aliphatic heterocycles. The number of hydrogen-bond donors (Lipinski definition) is 0. The number of amides is 2. The highest BCUT2D eigenvalue weighted by molar-refractivity contribution is 6.35. The summed E-state index contributed by atoms with van der Waals surface area (Å²) in [7, 11) is 0. The van der Waals surface area contributed by atoms with Gasteiger partial charge in [-0.15, -0.1) is 0 Å².